The summed E-state index contributed by atoms with van der Waals surface area (Å²) in [5, 5.41) is 2.88. The van der Waals surface area contributed by atoms with Gasteiger partial charge in [0.05, 0.1) is 0 Å². The van der Waals surface area contributed by atoms with Crippen LogP contribution in [0.5, 0.6) is 0 Å². The molecule has 2 heteroatoms. The Kier molecular flexibility index (Phi) is 4.88. The molecule has 0 aliphatic carbocycles. The van der Waals surface area contributed by atoms with Crippen molar-refractivity contribution >= 4 is 5.91 Å². The van der Waals surface area contributed by atoms with Crippen LogP contribution in [0.15, 0.2) is 24.3 Å². The topological polar surface area (TPSA) is 29.1 Å². The van der Waals surface area contributed by atoms with Crippen LogP contribution < -0.4 is 5.32 Å². The molecule has 0 spiro atoms. The first-order valence-corrected chi connectivity index (χ1v) is 5.54. The van der Waals surface area contributed by atoms with E-state index in [0.717, 1.165) is 19.4 Å². The van der Waals surface area contributed by atoms with E-state index in [4.69, 9.17) is 0 Å². The Balaban J connectivity index is 2.33. The molecule has 1 aromatic carbocycles. The van der Waals surface area contributed by atoms with Crippen LogP contribution in [0.1, 0.15) is 30.9 Å². The fraction of sp³-hybridized carbons (Fsp3) is 0.462. The number of hydrogen-bond acceptors (Lipinski definition) is 1. The van der Waals surface area contributed by atoms with Gasteiger partial charge in [-0.25, -0.2) is 0 Å². The largest absolute Gasteiger partial charge is 0.356 e. The predicted octanol–water partition coefficient (Wildman–Crippen LogP) is 2.45. The third kappa shape index (κ3) is 4.63. The van der Waals surface area contributed by atoms with Crippen LogP contribution in [-0.2, 0) is 11.2 Å². The maximum Gasteiger partial charge on any atom is 0.220 e. The highest BCUT2D eigenvalue weighted by Crippen LogP contribution is 2.06. The zero-order valence-corrected chi connectivity index (χ0v) is 9.55. The summed E-state index contributed by atoms with van der Waals surface area (Å²) in [6.45, 7) is 4.91. The van der Waals surface area contributed by atoms with E-state index in [0.29, 0.717) is 6.42 Å². The number of carbonyl (C=O) groups excluding carboxylic acids is 1. The van der Waals surface area contributed by atoms with Crippen molar-refractivity contribution in [3.05, 3.63) is 35.4 Å². The summed E-state index contributed by atoms with van der Waals surface area (Å²) in [6, 6.07) is 8.31. The Labute approximate surface area is 91.7 Å². The van der Waals surface area contributed by atoms with Gasteiger partial charge in [-0.3, -0.25) is 4.79 Å². The minimum Gasteiger partial charge on any atom is -0.356 e. The fourth-order valence-electron chi connectivity index (χ4n) is 1.48. The molecule has 0 atom stereocenters. The number of benzene rings is 1. The molecule has 0 radical (unpaired) electrons. The predicted molar refractivity (Wildman–Crippen MR) is 62.8 cm³/mol. The summed E-state index contributed by atoms with van der Waals surface area (Å²) in [7, 11) is 0. The molecule has 0 heterocycles. The third-order valence-corrected chi connectivity index (χ3v) is 2.30. The quantitative estimate of drug-likeness (QED) is 0.786. The van der Waals surface area contributed by atoms with Gasteiger partial charge in [0.1, 0.15) is 0 Å². The molecule has 15 heavy (non-hydrogen) atoms. The number of nitrogens with one attached hydrogen (secondary N) is 1. The highest BCUT2D eigenvalue weighted by molar-refractivity contribution is 5.76. The van der Waals surface area contributed by atoms with Crippen molar-refractivity contribution in [3.8, 4) is 0 Å². The number of aryl methyl sites for hydroxylation is 2. The van der Waals surface area contributed by atoms with Gasteiger partial charge in [0.25, 0.3) is 0 Å². The van der Waals surface area contributed by atoms with E-state index >= 15 is 0 Å². The zero-order chi connectivity index (χ0) is 11.1. The maximum atomic E-state index is 11.3. The average molecular weight is 205 g/mol. The zero-order valence-electron chi connectivity index (χ0n) is 9.55. The highest BCUT2D eigenvalue weighted by atomic mass is 16.1. The number of amides is 1. The van der Waals surface area contributed by atoms with Gasteiger partial charge in [-0.15, -0.1) is 0 Å². The Hall–Kier alpha value is -1.31. The molecule has 0 bridgehead atoms. The van der Waals surface area contributed by atoms with Crippen molar-refractivity contribution in [2.24, 2.45) is 0 Å². The van der Waals surface area contributed by atoms with Crippen LogP contribution in [0.2, 0.25) is 0 Å². The lowest BCUT2D eigenvalue weighted by Crippen LogP contribution is -2.24. The summed E-state index contributed by atoms with van der Waals surface area (Å²) in [5.74, 6) is 0.151. The van der Waals surface area contributed by atoms with Crippen LogP contribution in [-0.4, -0.2) is 12.5 Å². The van der Waals surface area contributed by atoms with Gasteiger partial charge in [0, 0.05) is 13.0 Å². The van der Waals surface area contributed by atoms with Gasteiger partial charge in [-0.2, -0.15) is 0 Å². The molecule has 0 aromatic heterocycles. The Morgan fingerprint density at radius 1 is 1.40 bits per heavy atom. The second kappa shape index (κ2) is 6.23. The summed E-state index contributed by atoms with van der Waals surface area (Å²) in [6.07, 6.45) is 2.41. The smallest absolute Gasteiger partial charge is 0.220 e. The molecular weight excluding hydrogens is 186 g/mol. The summed E-state index contributed by atoms with van der Waals surface area (Å²) >= 11 is 0. The van der Waals surface area contributed by atoms with Crippen molar-refractivity contribution in [2.45, 2.75) is 33.1 Å². The van der Waals surface area contributed by atoms with Crippen LogP contribution in [0, 0.1) is 6.92 Å². The number of carbonyl (C=O) groups is 1. The second-order valence-electron chi connectivity index (χ2n) is 3.84. The monoisotopic (exact) mass is 205 g/mol. The lowest BCUT2D eigenvalue weighted by Gasteiger charge is -2.04. The van der Waals surface area contributed by atoms with E-state index < -0.39 is 0 Å². The van der Waals surface area contributed by atoms with Gasteiger partial charge >= 0.3 is 0 Å². The number of hydrogen-bond donors (Lipinski definition) is 1. The van der Waals surface area contributed by atoms with Crippen molar-refractivity contribution < 1.29 is 4.79 Å². The highest BCUT2D eigenvalue weighted by Gasteiger charge is 2.00. The fourth-order valence-corrected chi connectivity index (χ4v) is 1.48. The van der Waals surface area contributed by atoms with Crippen molar-refractivity contribution in [2.75, 3.05) is 6.54 Å². The first kappa shape index (κ1) is 11.8. The van der Waals surface area contributed by atoms with E-state index in [1.807, 2.05) is 6.07 Å². The molecule has 2 nitrogen and oxygen atoms in total. The van der Waals surface area contributed by atoms with Gasteiger partial charge in [-0.1, -0.05) is 36.8 Å². The molecule has 0 fully saturated rings. The second-order valence-corrected chi connectivity index (χ2v) is 3.84. The van der Waals surface area contributed by atoms with Gasteiger partial charge in [0.2, 0.25) is 5.91 Å². The van der Waals surface area contributed by atoms with Gasteiger partial charge in [-0.05, 0) is 25.3 Å². The molecule has 1 amide bonds. The first-order valence-electron chi connectivity index (χ1n) is 5.54. The average Bonchev–Trinajstić information content (AvgIpc) is 2.23. The molecule has 82 valence electrons. The van der Waals surface area contributed by atoms with Crippen molar-refractivity contribution in [3.63, 3.8) is 0 Å². The SMILES string of the molecule is CCCNC(=O)CCc1cccc(C)c1. The Bertz CT molecular complexity index is 320. The van der Waals surface area contributed by atoms with E-state index in [1.165, 1.54) is 11.1 Å². The molecule has 0 unspecified atom stereocenters. The van der Waals surface area contributed by atoms with Crippen LogP contribution in [0.3, 0.4) is 0 Å². The Morgan fingerprint density at radius 3 is 2.87 bits per heavy atom. The lowest BCUT2D eigenvalue weighted by molar-refractivity contribution is -0.121. The van der Waals surface area contributed by atoms with E-state index in [1.54, 1.807) is 0 Å². The molecule has 1 rings (SSSR count). The molecule has 1 N–H and O–H groups in total. The van der Waals surface area contributed by atoms with Crippen LogP contribution in [0.25, 0.3) is 0 Å². The van der Waals surface area contributed by atoms with Gasteiger partial charge < -0.3 is 5.32 Å². The van der Waals surface area contributed by atoms with E-state index in [-0.39, 0.29) is 5.91 Å². The first-order chi connectivity index (χ1) is 7.22. The van der Waals surface area contributed by atoms with E-state index in [2.05, 4.69) is 37.4 Å². The summed E-state index contributed by atoms with van der Waals surface area (Å²) in [5.41, 5.74) is 2.49. The standard InChI is InChI=1S/C13H19NO/c1-3-9-14-13(15)8-7-12-6-4-5-11(2)10-12/h4-6,10H,3,7-9H2,1-2H3,(H,14,15). The minimum absolute atomic E-state index is 0.151. The lowest BCUT2D eigenvalue weighted by atomic mass is 10.1. The van der Waals surface area contributed by atoms with Gasteiger partial charge in [0.15, 0.2) is 0 Å². The Morgan fingerprint density at radius 2 is 2.20 bits per heavy atom. The molecule has 1 aromatic rings. The molecular formula is C13H19NO. The van der Waals surface area contributed by atoms with E-state index in [9.17, 15) is 4.79 Å². The summed E-state index contributed by atoms with van der Waals surface area (Å²) < 4.78 is 0. The molecule has 0 saturated heterocycles. The number of rotatable bonds is 5. The molecule has 0 saturated carbocycles. The summed E-state index contributed by atoms with van der Waals surface area (Å²) in [4.78, 5) is 11.3. The minimum atomic E-state index is 0.151. The normalized spacial score (nSPS) is 10.0. The third-order valence-electron chi connectivity index (χ3n) is 2.30. The van der Waals surface area contributed by atoms with Crippen LogP contribution in [0.4, 0.5) is 0 Å². The van der Waals surface area contributed by atoms with Crippen LogP contribution >= 0.6 is 0 Å². The van der Waals surface area contributed by atoms with Crippen molar-refractivity contribution in [1.29, 1.82) is 0 Å². The maximum absolute atomic E-state index is 11.3. The molecule has 0 aliphatic heterocycles. The van der Waals surface area contributed by atoms with Crippen molar-refractivity contribution in [1.82, 2.24) is 5.32 Å². The molecule has 0 aliphatic rings.